The number of hydrogen-bond donors (Lipinski definition) is 0. The van der Waals surface area contributed by atoms with Crippen LogP contribution in [0.5, 0.6) is 0 Å². The van der Waals surface area contributed by atoms with E-state index in [2.05, 4.69) is 12.3 Å². The second kappa shape index (κ2) is 38.8. The number of hydrogen-bond acceptors (Lipinski definition) is 13. The van der Waals surface area contributed by atoms with Crippen molar-refractivity contribution in [3.8, 4) is 0 Å². The van der Waals surface area contributed by atoms with Crippen LogP contribution in [0.4, 0.5) is 0 Å². The molecular formula is C28H54O13. The van der Waals surface area contributed by atoms with Crippen LogP contribution in [-0.2, 0) is 61.6 Å². The average Bonchev–Trinajstić information content (AvgIpc) is 2.98. The zero-order chi connectivity index (χ0) is 29.6. The summed E-state index contributed by atoms with van der Waals surface area (Å²) >= 11 is 0. The summed E-state index contributed by atoms with van der Waals surface area (Å²) in [5.41, 5.74) is 2.52. The Bertz CT molecular complexity index is 521. The van der Waals surface area contributed by atoms with Crippen molar-refractivity contribution in [2.45, 2.75) is 0 Å². The van der Waals surface area contributed by atoms with Crippen LogP contribution in [0.2, 0.25) is 0 Å². The lowest BCUT2D eigenvalue weighted by molar-refractivity contribution is -0.0283. The average molecular weight is 599 g/mol. The zero-order valence-corrected chi connectivity index (χ0v) is 25.1. The molecule has 0 radical (unpaired) electrons. The van der Waals surface area contributed by atoms with Gasteiger partial charge in [-0.15, -0.1) is 0 Å². The van der Waals surface area contributed by atoms with E-state index in [9.17, 15) is 0 Å². The van der Waals surface area contributed by atoms with Crippen molar-refractivity contribution >= 4 is 0 Å². The van der Waals surface area contributed by atoms with E-state index in [0.29, 0.717) is 159 Å². The predicted octanol–water partition coefficient (Wildman–Crippen LogP) is 1.13. The number of rotatable bonds is 37. The van der Waals surface area contributed by atoms with Gasteiger partial charge in [0.2, 0.25) is 0 Å². The summed E-state index contributed by atoms with van der Waals surface area (Å²) in [6.07, 6.45) is 1.41. The first-order valence-corrected chi connectivity index (χ1v) is 14.2. The van der Waals surface area contributed by atoms with Gasteiger partial charge >= 0.3 is 0 Å². The maximum Gasteiger partial charge on any atom is 0.125 e. The van der Waals surface area contributed by atoms with Gasteiger partial charge in [-0.1, -0.05) is 12.3 Å². The molecule has 0 aromatic carbocycles. The van der Waals surface area contributed by atoms with E-state index in [4.69, 9.17) is 61.6 Å². The molecule has 0 unspecified atom stereocenters. The highest BCUT2D eigenvalue weighted by molar-refractivity contribution is 4.63. The van der Waals surface area contributed by atoms with Crippen LogP contribution in [0.3, 0.4) is 0 Å². The Balaban J connectivity index is 3.03. The lowest BCUT2D eigenvalue weighted by atomic mass is 10.6. The van der Waals surface area contributed by atoms with Crippen LogP contribution in [0.25, 0.3) is 0 Å². The van der Waals surface area contributed by atoms with E-state index in [-0.39, 0.29) is 0 Å². The molecule has 0 bridgehead atoms. The van der Waals surface area contributed by atoms with Gasteiger partial charge in [-0.3, -0.25) is 0 Å². The third-order valence-corrected chi connectivity index (χ3v) is 4.66. The van der Waals surface area contributed by atoms with Crippen LogP contribution in [0.15, 0.2) is 18.6 Å². The highest BCUT2D eigenvalue weighted by atomic mass is 16.6. The molecule has 244 valence electrons. The molecule has 13 heteroatoms. The first-order valence-electron chi connectivity index (χ1n) is 14.2. The molecule has 0 saturated carbocycles. The van der Waals surface area contributed by atoms with Crippen LogP contribution in [-0.4, -0.2) is 166 Å². The van der Waals surface area contributed by atoms with Crippen molar-refractivity contribution in [2.75, 3.05) is 166 Å². The Morgan fingerprint density at radius 1 is 0.341 bits per heavy atom. The van der Waals surface area contributed by atoms with Crippen LogP contribution in [0, 0.1) is 0 Å². The second-order valence-electron chi connectivity index (χ2n) is 7.92. The van der Waals surface area contributed by atoms with E-state index in [1.807, 2.05) is 0 Å². The van der Waals surface area contributed by atoms with Crippen molar-refractivity contribution in [1.29, 1.82) is 0 Å². The summed E-state index contributed by atoms with van der Waals surface area (Å²) in [6, 6.07) is 0. The SMILES string of the molecule is C=C=COCCOCCOCCOCCOCCOCCOCCOCCOCCOCCOCCOCCOC. The minimum Gasteiger partial charge on any atom is -0.491 e. The van der Waals surface area contributed by atoms with Crippen molar-refractivity contribution in [1.82, 2.24) is 0 Å². The Hall–Kier alpha value is -1.16. The lowest BCUT2D eigenvalue weighted by Crippen LogP contribution is -2.15. The van der Waals surface area contributed by atoms with Gasteiger partial charge in [-0.2, -0.15) is 0 Å². The largest absolute Gasteiger partial charge is 0.491 e. The zero-order valence-electron chi connectivity index (χ0n) is 25.1. The molecule has 0 aromatic rings. The number of ether oxygens (including phenoxy) is 13. The Morgan fingerprint density at radius 3 is 0.732 bits per heavy atom. The van der Waals surface area contributed by atoms with Crippen LogP contribution in [0.1, 0.15) is 0 Å². The third-order valence-electron chi connectivity index (χ3n) is 4.66. The molecular weight excluding hydrogens is 544 g/mol. The van der Waals surface area contributed by atoms with Crippen LogP contribution >= 0.6 is 0 Å². The maximum atomic E-state index is 5.46. The summed E-state index contributed by atoms with van der Waals surface area (Å²) in [6.45, 7) is 15.9. The third kappa shape index (κ3) is 38.8. The van der Waals surface area contributed by atoms with E-state index in [1.54, 1.807) is 7.11 Å². The molecule has 0 fully saturated rings. The number of methoxy groups -OCH3 is 1. The lowest BCUT2D eigenvalue weighted by Gasteiger charge is -2.09. The van der Waals surface area contributed by atoms with Gasteiger partial charge in [0.1, 0.15) is 12.9 Å². The molecule has 0 aliphatic carbocycles. The van der Waals surface area contributed by atoms with Gasteiger partial charge in [0.15, 0.2) is 0 Å². The van der Waals surface area contributed by atoms with E-state index in [1.165, 1.54) is 6.26 Å². The molecule has 0 rings (SSSR count). The molecule has 0 saturated heterocycles. The van der Waals surface area contributed by atoms with Gasteiger partial charge in [0, 0.05) is 7.11 Å². The molecule has 0 N–H and O–H groups in total. The van der Waals surface area contributed by atoms with Crippen molar-refractivity contribution in [2.24, 2.45) is 0 Å². The summed E-state index contributed by atoms with van der Waals surface area (Å²) in [4.78, 5) is 0. The summed E-state index contributed by atoms with van der Waals surface area (Å²) in [7, 11) is 1.64. The summed E-state index contributed by atoms with van der Waals surface area (Å²) in [5.74, 6) is 0. The highest BCUT2D eigenvalue weighted by Crippen LogP contribution is 1.87. The standard InChI is InChI=1S/C28H54O13/c1-3-4-30-7-8-32-11-12-34-15-16-36-19-20-38-23-24-40-27-28-41-26-25-39-22-21-37-18-17-35-14-13-33-10-9-31-6-5-29-2/h4H,1,5-28H2,2H3. The second-order valence-corrected chi connectivity index (χ2v) is 7.92. The molecule has 41 heavy (non-hydrogen) atoms. The van der Waals surface area contributed by atoms with E-state index in [0.717, 1.165) is 0 Å². The Labute approximate surface area is 246 Å². The molecule has 0 aromatic heterocycles. The summed E-state index contributed by atoms with van der Waals surface area (Å²) < 4.78 is 69.5. The van der Waals surface area contributed by atoms with Gasteiger partial charge in [-0.25, -0.2) is 0 Å². The van der Waals surface area contributed by atoms with E-state index < -0.39 is 0 Å². The monoisotopic (exact) mass is 598 g/mol. The van der Waals surface area contributed by atoms with Gasteiger partial charge in [0.05, 0.1) is 152 Å². The predicted molar refractivity (Wildman–Crippen MR) is 151 cm³/mol. The first kappa shape index (κ1) is 39.8. The molecule has 0 heterocycles. The van der Waals surface area contributed by atoms with E-state index >= 15 is 0 Å². The fraction of sp³-hybridized carbons (Fsp3) is 0.893. The smallest absolute Gasteiger partial charge is 0.125 e. The topological polar surface area (TPSA) is 120 Å². The Morgan fingerprint density at radius 2 is 0.537 bits per heavy atom. The summed E-state index contributed by atoms with van der Waals surface area (Å²) in [5, 5.41) is 0. The maximum absolute atomic E-state index is 5.46. The van der Waals surface area contributed by atoms with Gasteiger partial charge in [0.25, 0.3) is 0 Å². The van der Waals surface area contributed by atoms with Gasteiger partial charge in [-0.05, 0) is 0 Å². The minimum atomic E-state index is 0.474. The normalized spacial score (nSPS) is 11.1. The van der Waals surface area contributed by atoms with Crippen LogP contribution < -0.4 is 0 Å². The van der Waals surface area contributed by atoms with Crippen molar-refractivity contribution < 1.29 is 61.6 Å². The van der Waals surface area contributed by atoms with Crippen molar-refractivity contribution in [3.05, 3.63) is 18.6 Å². The molecule has 0 atom stereocenters. The molecule has 0 spiro atoms. The first-order chi connectivity index (χ1) is 20.4. The minimum absolute atomic E-state index is 0.474. The molecule has 0 aliphatic rings. The van der Waals surface area contributed by atoms with Crippen molar-refractivity contribution in [3.63, 3.8) is 0 Å². The fourth-order valence-corrected chi connectivity index (χ4v) is 2.67. The fourth-order valence-electron chi connectivity index (χ4n) is 2.67. The van der Waals surface area contributed by atoms with Gasteiger partial charge < -0.3 is 61.6 Å². The highest BCUT2D eigenvalue weighted by Gasteiger charge is 1.96. The molecule has 0 aliphatic heterocycles. The quantitative estimate of drug-likeness (QED) is 0.0578. The molecule has 0 amide bonds. The Kier molecular flexibility index (Phi) is 37.7. The molecule has 13 nitrogen and oxygen atoms in total.